The lowest BCUT2D eigenvalue weighted by atomic mass is 10.6. The van der Waals surface area contributed by atoms with Crippen molar-refractivity contribution in [2.24, 2.45) is 0 Å². The van der Waals surface area contributed by atoms with Crippen LogP contribution in [0.25, 0.3) is 0 Å². The summed E-state index contributed by atoms with van der Waals surface area (Å²) in [4.78, 5) is 10.6. The quantitative estimate of drug-likeness (QED) is 0.469. The molecular formula is C5H9NO3. The molecule has 1 atom stereocenters. The predicted molar refractivity (Wildman–Crippen MR) is 29.8 cm³/mol. The van der Waals surface area contributed by atoms with Crippen molar-refractivity contribution >= 4 is 5.97 Å². The van der Waals surface area contributed by atoms with Gasteiger partial charge in [-0.2, -0.15) is 0 Å². The Bertz CT molecular complexity index is 109. The van der Waals surface area contributed by atoms with Gasteiger partial charge in [-0.1, -0.05) is 0 Å². The lowest BCUT2D eigenvalue weighted by molar-refractivity contribution is -0.152. The molecule has 0 amide bonds. The first kappa shape index (κ1) is 6.51. The van der Waals surface area contributed by atoms with Gasteiger partial charge in [0.05, 0.1) is 13.7 Å². The molecule has 1 rings (SSSR count). The Morgan fingerprint density at radius 3 is 3.11 bits per heavy atom. The van der Waals surface area contributed by atoms with Crippen LogP contribution in [0.3, 0.4) is 0 Å². The van der Waals surface area contributed by atoms with E-state index in [0.29, 0.717) is 6.61 Å². The van der Waals surface area contributed by atoms with Crippen LogP contribution in [0.5, 0.6) is 0 Å². The summed E-state index contributed by atoms with van der Waals surface area (Å²) in [5.41, 5.74) is 0. The highest BCUT2D eigenvalue weighted by Crippen LogP contribution is 1.95. The highest BCUT2D eigenvalue weighted by molar-refractivity contribution is 5.74. The van der Waals surface area contributed by atoms with Crippen molar-refractivity contribution in [3.8, 4) is 0 Å². The number of hydrogen-bond acceptors (Lipinski definition) is 4. The maximum Gasteiger partial charge on any atom is 0.350 e. The normalized spacial score (nSPS) is 26.1. The predicted octanol–water partition coefficient (Wildman–Crippen LogP) is -0.895. The molecule has 4 nitrogen and oxygen atoms in total. The van der Waals surface area contributed by atoms with Gasteiger partial charge in [-0.15, -0.1) is 0 Å². The number of esters is 1. The molecule has 0 aliphatic carbocycles. The molecule has 1 unspecified atom stereocenters. The second-order valence-corrected chi connectivity index (χ2v) is 1.73. The summed E-state index contributed by atoms with van der Waals surface area (Å²) in [5, 5.41) is 2.81. The fraction of sp³-hybridized carbons (Fsp3) is 0.800. The van der Waals surface area contributed by atoms with Crippen LogP contribution < -0.4 is 5.32 Å². The van der Waals surface area contributed by atoms with Crippen molar-refractivity contribution in [3.05, 3.63) is 0 Å². The first-order valence-corrected chi connectivity index (χ1v) is 2.77. The van der Waals surface area contributed by atoms with Gasteiger partial charge < -0.3 is 9.47 Å². The third-order valence-electron chi connectivity index (χ3n) is 1.13. The third-order valence-corrected chi connectivity index (χ3v) is 1.13. The average molecular weight is 131 g/mol. The van der Waals surface area contributed by atoms with E-state index in [4.69, 9.17) is 4.74 Å². The monoisotopic (exact) mass is 131 g/mol. The Kier molecular flexibility index (Phi) is 2.02. The van der Waals surface area contributed by atoms with Crippen LogP contribution in [0.4, 0.5) is 0 Å². The van der Waals surface area contributed by atoms with Crippen molar-refractivity contribution in [1.82, 2.24) is 5.32 Å². The zero-order valence-corrected chi connectivity index (χ0v) is 5.22. The third kappa shape index (κ3) is 1.40. The maximum atomic E-state index is 10.6. The molecule has 0 bridgehead atoms. The van der Waals surface area contributed by atoms with E-state index in [9.17, 15) is 4.79 Å². The second kappa shape index (κ2) is 2.80. The summed E-state index contributed by atoms with van der Waals surface area (Å²) in [5.74, 6) is -0.354. The number of rotatable bonds is 1. The van der Waals surface area contributed by atoms with Crippen molar-refractivity contribution in [2.75, 3.05) is 20.3 Å². The van der Waals surface area contributed by atoms with E-state index in [-0.39, 0.29) is 5.97 Å². The number of carbonyl (C=O) groups excluding carboxylic acids is 1. The molecule has 4 heteroatoms. The molecule has 0 radical (unpaired) electrons. The fourth-order valence-corrected chi connectivity index (χ4v) is 0.684. The molecule has 0 aromatic heterocycles. The number of ether oxygens (including phenoxy) is 2. The van der Waals surface area contributed by atoms with Gasteiger partial charge in [-0.05, 0) is 0 Å². The largest absolute Gasteiger partial charge is 0.466 e. The zero-order valence-electron chi connectivity index (χ0n) is 5.22. The molecule has 0 spiro atoms. The van der Waals surface area contributed by atoms with E-state index in [1.807, 2.05) is 0 Å². The summed E-state index contributed by atoms with van der Waals surface area (Å²) in [6.07, 6.45) is -0.532. The zero-order chi connectivity index (χ0) is 6.69. The van der Waals surface area contributed by atoms with E-state index in [1.165, 1.54) is 7.11 Å². The minimum absolute atomic E-state index is 0.354. The smallest absolute Gasteiger partial charge is 0.350 e. The summed E-state index contributed by atoms with van der Waals surface area (Å²) in [7, 11) is 1.34. The lowest BCUT2D eigenvalue weighted by Crippen LogP contribution is -2.32. The van der Waals surface area contributed by atoms with Crippen LogP contribution in [0.1, 0.15) is 0 Å². The topological polar surface area (TPSA) is 47.6 Å². The average Bonchev–Trinajstić information content (AvgIpc) is 2.37. The maximum absolute atomic E-state index is 10.6. The summed E-state index contributed by atoms with van der Waals surface area (Å²) in [6.45, 7) is 1.31. The number of carbonyl (C=O) groups is 1. The van der Waals surface area contributed by atoms with E-state index in [2.05, 4.69) is 10.1 Å². The molecule has 1 aliphatic rings. The molecule has 0 aromatic carbocycles. The van der Waals surface area contributed by atoms with Crippen molar-refractivity contribution in [3.63, 3.8) is 0 Å². The van der Waals surface area contributed by atoms with Crippen LogP contribution in [0.2, 0.25) is 0 Å². The first-order valence-electron chi connectivity index (χ1n) is 2.77. The standard InChI is InChI=1S/C5H9NO3/c1-8-5(7)4-6-2-3-9-4/h4,6H,2-3H2,1H3. The van der Waals surface area contributed by atoms with Crippen molar-refractivity contribution in [1.29, 1.82) is 0 Å². The Morgan fingerprint density at radius 2 is 2.67 bits per heavy atom. The molecule has 1 N–H and O–H groups in total. The molecule has 0 saturated carbocycles. The van der Waals surface area contributed by atoms with Crippen LogP contribution in [-0.2, 0) is 14.3 Å². The molecule has 9 heavy (non-hydrogen) atoms. The first-order chi connectivity index (χ1) is 4.34. The Morgan fingerprint density at radius 1 is 1.89 bits per heavy atom. The van der Waals surface area contributed by atoms with E-state index in [0.717, 1.165) is 6.54 Å². The summed E-state index contributed by atoms with van der Waals surface area (Å²) >= 11 is 0. The van der Waals surface area contributed by atoms with E-state index >= 15 is 0 Å². The van der Waals surface area contributed by atoms with Gasteiger partial charge in [0.1, 0.15) is 0 Å². The molecule has 1 fully saturated rings. The van der Waals surface area contributed by atoms with Crippen LogP contribution >= 0.6 is 0 Å². The summed E-state index contributed by atoms with van der Waals surface area (Å²) in [6, 6.07) is 0. The minimum atomic E-state index is -0.532. The van der Waals surface area contributed by atoms with Gasteiger partial charge in [0, 0.05) is 6.54 Å². The fourth-order valence-electron chi connectivity index (χ4n) is 0.684. The SMILES string of the molecule is COC(=O)C1NCCO1. The number of nitrogens with one attached hydrogen (secondary N) is 1. The van der Waals surface area contributed by atoms with Gasteiger partial charge in [-0.3, -0.25) is 5.32 Å². The van der Waals surface area contributed by atoms with Crippen LogP contribution in [-0.4, -0.2) is 32.5 Å². The summed E-state index contributed by atoms with van der Waals surface area (Å²) < 4.78 is 9.33. The van der Waals surface area contributed by atoms with Crippen molar-refractivity contribution < 1.29 is 14.3 Å². The Hall–Kier alpha value is -0.610. The van der Waals surface area contributed by atoms with Gasteiger partial charge in [0.2, 0.25) is 6.23 Å². The number of hydrogen-bond donors (Lipinski definition) is 1. The van der Waals surface area contributed by atoms with Crippen molar-refractivity contribution in [2.45, 2.75) is 6.23 Å². The molecule has 1 heterocycles. The highest BCUT2D eigenvalue weighted by Gasteiger charge is 2.22. The Balaban J connectivity index is 2.32. The van der Waals surface area contributed by atoms with Gasteiger partial charge in [-0.25, -0.2) is 4.79 Å². The molecule has 1 saturated heterocycles. The Labute approximate surface area is 53.1 Å². The number of methoxy groups -OCH3 is 1. The van der Waals surface area contributed by atoms with Crippen LogP contribution in [0, 0.1) is 0 Å². The highest BCUT2D eigenvalue weighted by atomic mass is 16.6. The van der Waals surface area contributed by atoms with Crippen LogP contribution in [0.15, 0.2) is 0 Å². The molecule has 1 aliphatic heterocycles. The second-order valence-electron chi connectivity index (χ2n) is 1.73. The molecule has 52 valence electrons. The van der Waals surface area contributed by atoms with Gasteiger partial charge in [0.15, 0.2) is 0 Å². The van der Waals surface area contributed by atoms with E-state index < -0.39 is 6.23 Å². The lowest BCUT2D eigenvalue weighted by Gasteiger charge is -2.04. The van der Waals surface area contributed by atoms with E-state index in [1.54, 1.807) is 0 Å². The molecule has 0 aromatic rings. The molecular weight excluding hydrogens is 122 g/mol. The van der Waals surface area contributed by atoms with Gasteiger partial charge in [0.25, 0.3) is 0 Å². The minimum Gasteiger partial charge on any atom is -0.466 e. The van der Waals surface area contributed by atoms with Gasteiger partial charge >= 0.3 is 5.97 Å².